The Balaban J connectivity index is 1.93. The van der Waals surface area contributed by atoms with Crippen molar-refractivity contribution in [2.24, 2.45) is 5.92 Å². The molecule has 18 heavy (non-hydrogen) atoms. The van der Waals surface area contributed by atoms with E-state index in [9.17, 15) is 9.59 Å². The highest BCUT2D eigenvalue weighted by atomic mass is 16.2. The molecule has 102 valence electrons. The van der Waals surface area contributed by atoms with Gasteiger partial charge in [0.2, 0.25) is 5.91 Å². The third kappa shape index (κ3) is 3.12. The second-order valence-electron chi connectivity index (χ2n) is 6.53. The maximum atomic E-state index is 12.4. The van der Waals surface area contributed by atoms with Crippen LogP contribution in [0.1, 0.15) is 65.2 Å². The Morgan fingerprint density at radius 1 is 1.28 bits per heavy atom. The van der Waals surface area contributed by atoms with Crippen LogP contribution in [0.4, 0.5) is 0 Å². The van der Waals surface area contributed by atoms with Crippen LogP contribution < -0.4 is 0 Å². The van der Waals surface area contributed by atoms with Crippen LogP contribution in [0.15, 0.2) is 0 Å². The monoisotopic (exact) mass is 251 g/mol. The third-order valence-corrected chi connectivity index (χ3v) is 4.46. The normalized spacial score (nSPS) is 25.2. The van der Waals surface area contributed by atoms with Gasteiger partial charge in [0, 0.05) is 31.3 Å². The molecule has 0 aromatic rings. The van der Waals surface area contributed by atoms with Crippen molar-refractivity contribution in [2.75, 3.05) is 6.54 Å². The Bertz CT molecular complexity index is 329. The van der Waals surface area contributed by atoms with Gasteiger partial charge in [-0.3, -0.25) is 9.59 Å². The summed E-state index contributed by atoms with van der Waals surface area (Å²) in [5.74, 6) is 1.14. The quantitative estimate of drug-likeness (QED) is 0.756. The number of nitrogens with zero attached hydrogens (tertiary/aromatic N) is 1. The van der Waals surface area contributed by atoms with Crippen molar-refractivity contribution < 1.29 is 9.59 Å². The van der Waals surface area contributed by atoms with Crippen molar-refractivity contribution >= 4 is 11.7 Å². The van der Waals surface area contributed by atoms with Crippen molar-refractivity contribution in [2.45, 2.75) is 70.8 Å². The minimum absolute atomic E-state index is 0.263. The van der Waals surface area contributed by atoms with E-state index < -0.39 is 0 Å². The molecule has 3 nitrogen and oxygen atoms in total. The molecule has 3 heteroatoms. The highest BCUT2D eigenvalue weighted by Crippen LogP contribution is 2.30. The fourth-order valence-corrected chi connectivity index (χ4v) is 3.42. The topological polar surface area (TPSA) is 37.4 Å². The van der Waals surface area contributed by atoms with Gasteiger partial charge < -0.3 is 4.90 Å². The average molecular weight is 251 g/mol. The van der Waals surface area contributed by atoms with Crippen molar-refractivity contribution in [1.29, 1.82) is 0 Å². The standard InChI is InChI=1S/C15H25NO2/c1-15(2)11-13(17)8-9-16(15)14(18)10-12-6-4-3-5-7-12/h12H,3-11H2,1-2H3. The Morgan fingerprint density at radius 2 is 1.94 bits per heavy atom. The predicted molar refractivity (Wildman–Crippen MR) is 71.2 cm³/mol. The second kappa shape index (κ2) is 5.41. The van der Waals surface area contributed by atoms with E-state index in [0.29, 0.717) is 37.5 Å². The van der Waals surface area contributed by atoms with E-state index in [1.54, 1.807) is 0 Å². The van der Waals surface area contributed by atoms with Crippen molar-refractivity contribution in [3.63, 3.8) is 0 Å². The molecule has 1 heterocycles. The van der Waals surface area contributed by atoms with Crippen LogP contribution in [0.25, 0.3) is 0 Å². The summed E-state index contributed by atoms with van der Waals surface area (Å²) in [5.41, 5.74) is -0.277. The van der Waals surface area contributed by atoms with Gasteiger partial charge in [0.1, 0.15) is 5.78 Å². The van der Waals surface area contributed by atoms with E-state index in [1.165, 1.54) is 32.1 Å². The van der Waals surface area contributed by atoms with Crippen LogP contribution in [0.3, 0.4) is 0 Å². The molecule has 0 N–H and O–H groups in total. The lowest BCUT2D eigenvalue weighted by atomic mass is 9.84. The number of hydrogen-bond acceptors (Lipinski definition) is 2. The number of piperidine rings is 1. The van der Waals surface area contributed by atoms with E-state index >= 15 is 0 Å². The van der Waals surface area contributed by atoms with Crippen molar-refractivity contribution in [3.8, 4) is 0 Å². The molecule has 2 aliphatic rings. The summed E-state index contributed by atoms with van der Waals surface area (Å²) in [6, 6.07) is 0. The molecule has 1 amide bonds. The fraction of sp³-hybridized carbons (Fsp3) is 0.867. The lowest BCUT2D eigenvalue weighted by molar-refractivity contribution is -0.143. The molecule has 0 aromatic heterocycles. The zero-order chi connectivity index (χ0) is 13.2. The smallest absolute Gasteiger partial charge is 0.223 e. The maximum Gasteiger partial charge on any atom is 0.223 e. The van der Waals surface area contributed by atoms with Gasteiger partial charge in [-0.15, -0.1) is 0 Å². The Kier molecular flexibility index (Phi) is 4.08. The van der Waals surface area contributed by atoms with Gasteiger partial charge in [-0.1, -0.05) is 19.3 Å². The first-order valence-corrected chi connectivity index (χ1v) is 7.31. The molecule has 1 aliphatic carbocycles. The lowest BCUT2D eigenvalue weighted by Gasteiger charge is -2.42. The molecule has 0 atom stereocenters. The Hall–Kier alpha value is -0.860. The van der Waals surface area contributed by atoms with Gasteiger partial charge in [0.15, 0.2) is 0 Å². The van der Waals surface area contributed by atoms with Crippen LogP contribution in [0, 0.1) is 5.92 Å². The summed E-state index contributed by atoms with van der Waals surface area (Å²) in [4.78, 5) is 25.8. The molecular weight excluding hydrogens is 226 g/mol. The molecule has 2 rings (SSSR count). The van der Waals surface area contributed by atoms with Crippen LogP contribution in [-0.4, -0.2) is 28.7 Å². The van der Waals surface area contributed by atoms with E-state index in [2.05, 4.69) is 0 Å². The molecule has 1 aliphatic heterocycles. The summed E-state index contributed by atoms with van der Waals surface area (Å²) >= 11 is 0. The van der Waals surface area contributed by atoms with Crippen LogP contribution in [-0.2, 0) is 9.59 Å². The summed E-state index contributed by atoms with van der Waals surface area (Å²) in [5, 5.41) is 0. The number of Topliss-reactive ketones (excluding diaryl/α,β-unsaturated/α-hetero) is 1. The van der Waals surface area contributed by atoms with E-state index in [1.807, 2.05) is 18.7 Å². The molecule has 0 aromatic carbocycles. The van der Waals surface area contributed by atoms with Crippen LogP contribution in [0.2, 0.25) is 0 Å². The summed E-state index contributed by atoms with van der Waals surface area (Å²) in [6.07, 6.45) is 8.05. The molecule has 0 spiro atoms. The number of rotatable bonds is 2. The second-order valence-corrected chi connectivity index (χ2v) is 6.53. The SMILES string of the molecule is CC1(C)CC(=O)CCN1C(=O)CC1CCCCC1. The van der Waals surface area contributed by atoms with Gasteiger partial charge in [-0.25, -0.2) is 0 Å². The first-order chi connectivity index (χ1) is 8.49. The fourth-order valence-electron chi connectivity index (χ4n) is 3.42. The van der Waals surface area contributed by atoms with Gasteiger partial charge in [-0.2, -0.15) is 0 Å². The van der Waals surface area contributed by atoms with Gasteiger partial charge in [0.25, 0.3) is 0 Å². The molecule has 0 radical (unpaired) electrons. The minimum atomic E-state index is -0.277. The zero-order valence-corrected chi connectivity index (χ0v) is 11.7. The maximum absolute atomic E-state index is 12.4. The van der Waals surface area contributed by atoms with Crippen LogP contribution >= 0.6 is 0 Å². The van der Waals surface area contributed by atoms with E-state index in [4.69, 9.17) is 0 Å². The number of hydrogen-bond donors (Lipinski definition) is 0. The largest absolute Gasteiger partial charge is 0.337 e. The van der Waals surface area contributed by atoms with Crippen molar-refractivity contribution in [3.05, 3.63) is 0 Å². The molecule has 1 saturated carbocycles. The number of ketones is 1. The number of amides is 1. The van der Waals surface area contributed by atoms with Crippen molar-refractivity contribution in [1.82, 2.24) is 4.90 Å². The number of carbonyl (C=O) groups excluding carboxylic acids is 2. The van der Waals surface area contributed by atoms with E-state index in [0.717, 1.165) is 0 Å². The highest BCUT2D eigenvalue weighted by molar-refractivity contribution is 5.85. The van der Waals surface area contributed by atoms with Gasteiger partial charge >= 0.3 is 0 Å². The molecule has 2 fully saturated rings. The Labute approximate surface area is 110 Å². The molecule has 1 saturated heterocycles. The predicted octanol–water partition coefficient (Wildman–Crippen LogP) is 2.93. The van der Waals surface area contributed by atoms with Crippen LogP contribution in [0.5, 0.6) is 0 Å². The number of carbonyl (C=O) groups is 2. The lowest BCUT2D eigenvalue weighted by Crippen LogP contribution is -2.53. The summed E-state index contributed by atoms with van der Waals surface area (Å²) < 4.78 is 0. The molecular formula is C15H25NO2. The first kappa shape index (κ1) is 13.6. The third-order valence-electron chi connectivity index (χ3n) is 4.46. The Morgan fingerprint density at radius 3 is 2.56 bits per heavy atom. The zero-order valence-electron chi connectivity index (χ0n) is 11.7. The molecule has 0 unspecified atom stereocenters. The first-order valence-electron chi connectivity index (χ1n) is 7.31. The van der Waals surface area contributed by atoms with Gasteiger partial charge in [-0.05, 0) is 32.6 Å². The molecule has 0 bridgehead atoms. The van der Waals surface area contributed by atoms with Gasteiger partial charge in [0.05, 0.1) is 0 Å². The number of likely N-dealkylation sites (tertiary alicyclic amines) is 1. The minimum Gasteiger partial charge on any atom is -0.337 e. The average Bonchev–Trinajstić information content (AvgIpc) is 2.28. The summed E-state index contributed by atoms with van der Waals surface area (Å²) in [7, 11) is 0. The summed E-state index contributed by atoms with van der Waals surface area (Å²) in [6.45, 7) is 4.66. The van der Waals surface area contributed by atoms with E-state index in [-0.39, 0.29) is 11.4 Å². The highest BCUT2D eigenvalue weighted by Gasteiger charge is 2.37.